The number of nitrogens with zero attached hydrogens (tertiary/aromatic N) is 1. The van der Waals surface area contributed by atoms with Crippen LogP contribution in [0.15, 0.2) is 29.0 Å². The molecule has 86 valence electrons. The van der Waals surface area contributed by atoms with Crippen LogP contribution in [0.4, 0.5) is 16.0 Å². The first-order valence-electron chi connectivity index (χ1n) is 4.87. The molecule has 17 heavy (non-hydrogen) atoms. The Balaban J connectivity index is 2.02. The predicted octanol–water partition coefficient (Wildman–Crippen LogP) is 4.16. The molecule has 3 aromatic rings. The van der Waals surface area contributed by atoms with Crippen LogP contribution < -0.4 is 5.32 Å². The molecule has 0 saturated heterocycles. The number of nitrogens with one attached hydrogen (secondary N) is 2. The predicted molar refractivity (Wildman–Crippen MR) is 68.7 cm³/mol. The molecular formula is C11H7ClFN3S. The van der Waals surface area contributed by atoms with E-state index in [0.717, 1.165) is 5.69 Å². The SMILES string of the molecule is Fc1cccc2[nH]c(Nc3cscc3Cl)nc12. The highest BCUT2D eigenvalue weighted by molar-refractivity contribution is 7.09. The minimum atomic E-state index is -0.344. The molecule has 0 bridgehead atoms. The van der Waals surface area contributed by atoms with Gasteiger partial charge in [0.25, 0.3) is 0 Å². The van der Waals surface area contributed by atoms with E-state index in [0.29, 0.717) is 22.0 Å². The molecule has 0 aliphatic carbocycles. The lowest BCUT2D eigenvalue weighted by Gasteiger charge is -1.98. The first kappa shape index (κ1) is 10.6. The van der Waals surface area contributed by atoms with Crippen LogP contribution in [0.3, 0.4) is 0 Å². The van der Waals surface area contributed by atoms with Crippen LogP contribution >= 0.6 is 22.9 Å². The van der Waals surface area contributed by atoms with Gasteiger partial charge >= 0.3 is 0 Å². The molecule has 0 fully saturated rings. The molecule has 0 atom stereocenters. The first-order valence-corrected chi connectivity index (χ1v) is 6.19. The number of anilines is 2. The summed E-state index contributed by atoms with van der Waals surface area (Å²) in [7, 11) is 0. The average molecular weight is 268 g/mol. The Labute approximate surface area is 105 Å². The molecule has 3 nitrogen and oxygen atoms in total. The monoisotopic (exact) mass is 267 g/mol. The number of fused-ring (bicyclic) bond motifs is 1. The van der Waals surface area contributed by atoms with E-state index in [2.05, 4.69) is 15.3 Å². The number of thiophene rings is 1. The van der Waals surface area contributed by atoms with Gasteiger partial charge in [-0.3, -0.25) is 0 Å². The standard InChI is InChI=1S/C11H7ClFN3S/c12-6-4-17-5-9(6)15-11-14-8-3-1-2-7(13)10(8)16-11/h1-5H,(H2,14,15,16). The van der Waals surface area contributed by atoms with Crippen LogP contribution in [0.2, 0.25) is 5.02 Å². The lowest BCUT2D eigenvalue weighted by atomic mass is 10.3. The molecule has 0 saturated carbocycles. The number of hydrogen-bond acceptors (Lipinski definition) is 3. The Kier molecular flexibility index (Phi) is 2.49. The number of imidazole rings is 1. The van der Waals surface area contributed by atoms with Gasteiger partial charge < -0.3 is 10.3 Å². The third kappa shape index (κ3) is 1.87. The molecule has 3 rings (SSSR count). The Morgan fingerprint density at radius 3 is 2.94 bits per heavy atom. The summed E-state index contributed by atoms with van der Waals surface area (Å²) in [5.74, 6) is 0.133. The highest BCUT2D eigenvalue weighted by atomic mass is 35.5. The van der Waals surface area contributed by atoms with Crippen molar-refractivity contribution in [2.75, 3.05) is 5.32 Å². The molecule has 2 N–H and O–H groups in total. The van der Waals surface area contributed by atoms with Crippen LogP contribution in [0.1, 0.15) is 0 Å². The van der Waals surface area contributed by atoms with Crippen molar-refractivity contribution in [3.63, 3.8) is 0 Å². The summed E-state index contributed by atoms with van der Waals surface area (Å²) in [6.45, 7) is 0. The quantitative estimate of drug-likeness (QED) is 0.732. The van der Waals surface area contributed by atoms with E-state index in [1.807, 2.05) is 10.8 Å². The number of H-pyrrole nitrogens is 1. The van der Waals surface area contributed by atoms with Crippen LogP contribution in [0.25, 0.3) is 11.0 Å². The van der Waals surface area contributed by atoms with E-state index in [4.69, 9.17) is 11.6 Å². The number of para-hydroxylation sites is 1. The lowest BCUT2D eigenvalue weighted by molar-refractivity contribution is 0.637. The first-order chi connectivity index (χ1) is 8.24. The van der Waals surface area contributed by atoms with Gasteiger partial charge in [-0.15, -0.1) is 11.3 Å². The third-order valence-corrected chi connectivity index (χ3v) is 3.52. The number of aromatic nitrogens is 2. The largest absolute Gasteiger partial charge is 0.324 e. The smallest absolute Gasteiger partial charge is 0.205 e. The van der Waals surface area contributed by atoms with Gasteiger partial charge in [-0.2, -0.15) is 0 Å². The van der Waals surface area contributed by atoms with Crippen molar-refractivity contribution >= 4 is 45.6 Å². The number of rotatable bonds is 2. The van der Waals surface area contributed by atoms with E-state index < -0.39 is 0 Å². The van der Waals surface area contributed by atoms with E-state index >= 15 is 0 Å². The maximum absolute atomic E-state index is 13.4. The summed E-state index contributed by atoms with van der Waals surface area (Å²) in [5.41, 5.74) is 1.73. The minimum absolute atomic E-state index is 0.321. The van der Waals surface area contributed by atoms with Gasteiger partial charge in [0.1, 0.15) is 5.52 Å². The fraction of sp³-hybridized carbons (Fsp3) is 0. The van der Waals surface area contributed by atoms with Crippen molar-refractivity contribution in [2.24, 2.45) is 0 Å². The van der Waals surface area contributed by atoms with Crippen LogP contribution in [-0.2, 0) is 0 Å². The van der Waals surface area contributed by atoms with Gasteiger partial charge in [-0.1, -0.05) is 17.7 Å². The second-order valence-electron chi connectivity index (χ2n) is 3.48. The molecule has 6 heteroatoms. The third-order valence-electron chi connectivity index (χ3n) is 2.33. The lowest BCUT2D eigenvalue weighted by Crippen LogP contribution is -1.90. The van der Waals surface area contributed by atoms with E-state index in [9.17, 15) is 4.39 Å². The van der Waals surface area contributed by atoms with Crippen molar-refractivity contribution in [2.45, 2.75) is 0 Å². The Hall–Kier alpha value is -1.59. The van der Waals surface area contributed by atoms with E-state index in [-0.39, 0.29) is 5.82 Å². The number of aromatic amines is 1. The molecular weight excluding hydrogens is 261 g/mol. The second kappa shape index (κ2) is 4.01. The van der Waals surface area contributed by atoms with Gasteiger partial charge in [0.05, 0.1) is 16.2 Å². The molecule has 0 spiro atoms. The zero-order chi connectivity index (χ0) is 11.8. The zero-order valence-corrected chi connectivity index (χ0v) is 10.1. The van der Waals surface area contributed by atoms with E-state index in [1.54, 1.807) is 12.1 Å². The maximum Gasteiger partial charge on any atom is 0.205 e. The van der Waals surface area contributed by atoms with Gasteiger partial charge in [-0.25, -0.2) is 9.37 Å². The highest BCUT2D eigenvalue weighted by Gasteiger charge is 2.08. The minimum Gasteiger partial charge on any atom is -0.324 e. The fourth-order valence-electron chi connectivity index (χ4n) is 1.55. The summed E-state index contributed by atoms with van der Waals surface area (Å²) in [6.07, 6.45) is 0. The van der Waals surface area contributed by atoms with Crippen molar-refractivity contribution in [1.82, 2.24) is 9.97 Å². The number of hydrogen-bond donors (Lipinski definition) is 2. The molecule has 0 aliphatic rings. The van der Waals surface area contributed by atoms with Gasteiger partial charge in [0.15, 0.2) is 5.82 Å². The zero-order valence-electron chi connectivity index (χ0n) is 8.50. The molecule has 1 aromatic carbocycles. The Morgan fingerprint density at radius 2 is 2.24 bits per heavy atom. The summed E-state index contributed by atoms with van der Waals surface area (Å²) in [5, 5.41) is 7.31. The Bertz CT molecular complexity index is 676. The molecule has 0 radical (unpaired) electrons. The number of halogens is 2. The van der Waals surface area contributed by atoms with E-state index in [1.165, 1.54) is 17.4 Å². The average Bonchev–Trinajstić information content (AvgIpc) is 2.87. The summed E-state index contributed by atoms with van der Waals surface area (Å²) in [4.78, 5) is 7.12. The van der Waals surface area contributed by atoms with Crippen molar-refractivity contribution in [3.8, 4) is 0 Å². The molecule has 0 amide bonds. The summed E-state index contributed by atoms with van der Waals surface area (Å²) >= 11 is 7.44. The Morgan fingerprint density at radius 1 is 1.35 bits per heavy atom. The van der Waals surface area contributed by atoms with Gasteiger partial charge in [0.2, 0.25) is 5.95 Å². The van der Waals surface area contributed by atoms with Crippen molar-refractivity contribution in [1.29, 1.82) is 0 Å². The van der Waals surface area contributed by atoms with Crippen LogP contribution in [0, 0.1) is 5.82 Å². The summed E-state index contributed by atoms with van der Waals surface area (Å²) < 4.78 is 13.4. The normalized spacial score (nSPS) is 10.9. The van der Waals surface area contributed by atoms with Crippen LogP contribution in [-0.4, -0.2) is 9.97 Å². The van der Waals surface area contributed by atoms with Crippen molar-refractivity contribution < 1.29 is 4.39 Å². The maximum atomic E-state index is 13.4. The molecule has 2 heterocycles. The molecule has 0 unspecified atom stereocenters. The number of benzene rings is 1. The van der Waals surface area contributed by atoms with Crippen molar-refractivity contribution in [3.05, 3.63) is 39.8 Å². The van der Waals surface area contributed by atoms with Gasteiger partial charge in [-0.05, 0) is 12.1 Å². The van der Waals surface area contributed by atoms with Gasteiger partial charge in [0, 0.05) is 10.8 Å². The molecule has 2 aromatic heterocycles. The fourth-order valence-corrected chi connectivity index (χ4v) is 2.51. The summed E-state index contributed by atoms with van der Waals surface area (Å²) in [6, 6.07) is 4.79. The topological polar surface area (TPSA) is 40.7 Å². The highest BCUT2D eigenvalue weighted by Crippen LogP contribution is 2.29. The molecule has 0 aliphatic heterocycles. The second-order valence-corrected chi connectivity index (χ2v) is 4.63. The van der Waals surface area contributed by atoms with Crippen LogP contribution in [0.5, 0.6) is 0 Å².